The highest BCUT2D eigenvalue weighted by molar-refractivity contribution is 7.10. The SMILES string of the molecule is CCCC(c1cccs1)n1cc(C)nc1NC(C)C. The second-order valence-electron chi connectivity index (χ2n) is 5.23. The van der Waals surface area contributed by atoms with E-state index in [2.05, 4.69) is 66.3 Å². The molecule has 2 rings (SSSR count). The van der Waals surface area contributed by atoms with Crippen LogP contribution in [0, 0.1) is 6.92 Å². The van der Waals surface area contributed by atoms with Crippen molar-refractivity contribution in [1.29, 1.82) is 0 Å². The Bertz CT molecular complexity index is 499. The number of aryl methyl sites for hydroxylation is 1. The molecule has 0 amide bonds. The molecule has 3 nitrogen and oxygen atoms in total. The highest BCUT2D eigenvalue weighted by Crippen LogP contribution is 2.30. The average Bonchev–Trinajstić information content (AvgIpc) is 2.95. The first kappa shape index (κ1) is 14.1. The zero-order valence-corrected chi connectivity index (χ0v) is 13.0. The Morgan fingerprint density at radius 1 is 1.42 bits per heavy atom. The standard InChI is InChI=1S/C15H23N3S/c1-5-7-13(14-8-6-9-19-14)18-10-12(4)17-15(18)16-11(2)3/h6,8-11,13H,5,7H2,1-4H3,(H,16,17). The molecule has 0 aliphatic carbocycles. The van der Waals surface area contributed by atoms with E-state index in [0.717, 1.165) is 18.1 Å². The van der Waals surface area contributed by atoms with E-state index in [1.807, 2.05) is 11.3 Å². The van der Waals surface area contributed by atoms with Gasteiger partial charge in [-0.2, -0.15) is 0 Å². The molecule has 2 aromatic heterocycles. The van der Waals surface area contributed by atoms with Gasteiger partial charge in [0.15, 0.2) is 0 Å². The summed E-state index contributed by atoms with van der Waals surface area (Å²) in [6, 6.07) is 5.14. The maximum atomic E-state index is 4.62. The second kappa shape index (κ2) is 6.24. The van der Waals surface area contributed by atoms with Crippen molar-refractivity contribution in [3.8, 4) is 0 Å². The molecule has 19 heavy (non-hydrogen) atoms. The van der Waals surface area contributed by atoms with Crippen molar-refractivity contribution in [3.63, 3.8) is 0 Å². The number of thiophene rings is 1. The van der Waals surface area contributed by atoms with Crippen molar-refractivity contribution in [3.05, 3.63) is 34.3 Å². The first-order valence-electron chi connectivity index (χ1n) is 6.97. The Kier molecular flexibility index (Phi) is 4.64. The molecule has 0 fully saturated rings. The molecule has 4 heteroatoms. The van der Waals surface area contributed by atoms with Gasteiger partial charge in [0.1, 0.15) is 0 Å². The predicted molar refractivity (Wildman–Crippen MR) is 83.1 cm³/mol. The summed E-state index contributed by atoms with van der Waals surface area (Å²) in [4.78, 5) is 6.03. The van der Waals surface area contributed by atoms with Crippen molar-refractivity contribution < 1.29 is 0 Å². The Morgan fingerprint density at radius 3 is 2.79 bits per heavy atom. The van der Waals surface area contributed by atoms with Gasteiger partial charge in [-0.3, -0.25) is 0 Å². The first-order valence-corrected chi connectivity index (χ1v) is 7.85. The largest absolute Gasteiger partial charge is 0.353 e. The molecule has 2 heterocycles. The van der Waals surface area contributed by atoms with E-state index in [0.29, 0.717) is 12.1 Å². The van der Waals surface area contributed by atoms with Crippen molar-refractivity contribution in [2.45, 2.75) is 52.6 Å². The van der Waals surface area contributed by atoms with Crippen LogP contribution in [0.4, 0.5) is 5.95 Å². The number of aromatic nitrogens is 2. The fraction of sp³-hybridized carbons (Fsp3) is 0.533. The van der Waals surface area contributed by atoms with Gasteiger partial charge in [-0.25, -0.2) is 4.98 Å². The first-order chi connectivity index (χ1) is 9.11. The van der Waals surface area contributed by atoms with Gasteiger partial charge in [-0.05, 0) is 38.6 Å². The minimum atomic E-state index is 0.395. The van der Waals surface area contributed by atoms with E-state index >= 15 is 0 Å². The lowest BCUT2D eigenvalue weighted by Crippen LogP contribution is -2.17. The molecular weight excluding hydrogens is 254 g/mol. The van der Waals surface area contributed by atoms with Crippen molar-refractivity contribution in [2.75, 3.05) is 5.32 Å². The molecule has 0 bridgehead atoms. The molecule has 0 saturated heterocycles. The van der Waals surface area contributed by atoms with Crippen LogP contribution in [0.25, 0.3) is 0 Å². The van der Waals surface area contributed by atoms with Gasteiger partial charge >= 0.3 is 0 Å². The summed E-state index contributed by atoms with van der Waals surface area (Å²) in [5.41, 5.74) is 1.07. The molecule has 1 N–H and O–H groups in total. The lowest BCUT2D eigenvalue weighted by molar-refractivity contribution is 0.543. The monoisotopic (exact) mass is 277 g/mol. The maximum Gasteiger partial charge on any atom is 0.203 e. The van der Waals surface area contributed by atoms with E-state index in [-0.39, 0.29) is 0 Å². The summed E-state index contributed by atoms with van der Waals surface area (Å²) < 4.78 is 2.30. The molecule has 1 unspecified atom stereocenters. The summed E-state index contributed by atoms with van der Waals surface area (Å²) in [6.45, 7) is 8.59. The zero-order chi connectivity index (χ0) is 13.8. The van der Waals surface area contributed by atoms with Crippen LogP contribution in [0.3, 0.4) is 0 Å². The Balaban J connectivity index is 2.36. The summed E-state index contributed by atoms with van der Waals surface area (Å²) in [5, 5.41) is 5.60. The van der Waals surface area contributed by atoms with Gasteiger partial charge in [0, 0.05) is 17.1 Å². The third-order valence-corrected chi connectivity index (χ3v) is 4.01. The van der Waals surface area contributed by atoms with Crippen molar-refractivity contribution >= 4 is 17.3 Å². The van der Waals surface area contributed by atoms with E-state index in [9.17, 15) is 0 Å². The number of anilines is 1. The van der Waals surface area contributed by atoms with Gasteiger partial charge in [0.05, 0.1) is 11.7 Å². The lowest BCUT2D eigenvalue weighted by atomic mass is 10.1. The van der Waals surface area contributed by atoms with Gasteiger partial charge in [-0.15, -0.1) is 11.3 Å². The number of hydrogen-bond acceptors (Lipinski definition) is 3. The zero-order valence-electron chi connectivity index (χ0n) is 12.2. The minimum absolute atomic E-state index is 0.395. The van der Waals surface area contributed by atoms with Gasteiger partial charge in [0.2, 0.25) is 5.95 Å². The third kappa shape index (κ3) is 3.38. The molecule has 0 aromatic carbocycles. The molecule has 1 atom stereocenters. The molecular formula is C15H23N3S. The molecule has 2 aromatic rings. The number of nitrogens with zero attached hydrogens (tertiary/aromatic N) is 2. The van der Waals surface area contributed by atoms with Gasteiger partial charge in [-0.1, -0.05) is 19.4 Å². The van der Waals surface area contributed by atoms with Crippen LogP contribution in [0.1, 0.15) is 50.2 Å². The maximum absolute atomic E-state index is 4.62. The summed E-state index contributed by atoms with van der Waals surface area (Å²) in [6.07, 6.45) is 4.47. The minimum Gasteiger partial charge on any atom is -0.353 e. The molecule has 0 aliphatic heterocycles. The van der Waals surface area contributed by atoms with Crippen LogP contribution in [-0.2, 0) is 0 Å². The Labute approximate surface area is 119 Å². The van der Waals surface area contributed by atoms with E-state index in [1.54, 1.807) is 0 Å². The van der Waals surface area contributed by atoms with E-state index < -0.39 is 0 Å². The van der Waals surface area contributed by atoms with Crippen LogP contribution in [-0.4, -0.2) is 15.6 Å². The molecule has 0 radical (unpaired) electrons. The number of nitrogens with one attached hydrogen (secondary N) is 1. The van der Waals surface area contributed by atoms with E-state index in [1.165, 1.54) is 11.3 Å². The average molecular weight is 277 g/mol. The summed E-state index contributed by atoms with van der Waals surface area (Å²) in [5.74, 6) is 0.986. The highest BCUT2D eigenvalue weighted by atomic mass is 32.1. The summed E-state index contributed by atoms with van der Waals surface area (Å²) in [7, 11) is 0. The van der Waals surface area contributed by atoms with Crippen LogP contribution < -0.4 is 5.32 Å². The second-order valence-corrected chi connectivity index (χ2v) is 6.21. The van der Waals surface area contributed by atoms with Crippen LogP contribution in [0.5, 0.6) is 0 Å². The van der Waals surface area contributed by atoms with Crippen LogP contribution in [0.15, 0.2) is 23.7 Å². The quantitative estimate of drug-likeness (QED) is 0.844. The van der Waals surface area contributed by atoms with Gasteiger partial charge in [0.25, 0.3) is 0 Å². The molecule has 0 aliphatic rings. The predicted octanol–water partition coefficient (Wildman–Crippen LogP) is 4.46. The number of imidazole rings is 1. The fourth-order valence-electron chi connectivity index (χ4n) is 2.29. The summed E-state index contributed by atoms with van der Waals surface area (Å²) >= 11 is 1.83. The number of hydrogen-bond donors (Lipinski definition) is 1. The number of rotatable bonds is 6. The molecule has 0 spiro atoms. The highest BCUT2D eigenvalue weighted by Gasteiger charge is 2.18. The van der Waals surface area contributed by atoms with Crippen molar-refractivity contribution in [2.24, 2.45) is 0 Å². The fourth-order valence-corrected chi connectivity index (χ4v) is 3.15. The van der Waals surface area contributed by atoms with Crippen molar-refractivity contribution in [1.82, 2.24) is 9.55 Å². The topological polar surface area (TPSA) is 29.9 Å². The Hall–Kier alpha value is -1.29. The van der Waals surface area contributed by atoms with Gasteiger partial charge < -0.3 is 9.88 Å². The third-order valence-electron chi connectivity index (χ3n) is 3.04. The van der Waals surface area contributed by atoms with Crippen LogP contribution >= 0.6 is 11.3 Å². The smallest absolute Gasteiger partial charge is 0.203 e. The lowest BCUT2D eigenvalue weighted by Gasteiger charge is -2.20. The molecule has 0 saturated carbocycles. The molecule has 104 valence electrons. The normalized spacial score (nSPS) is 12.9. The van der Waals surface area contributed by atoms with Crippen LogP contribution in [0.2, 0.25) is 0 Å². The van der Waals surface area contributed by atoms with E-state index in [4.69, 9.17) is 0 Å². The Morgan fingerprint density at radius 2 is 2.21 bits per heavy atom.